The van der Waals surface area contributed by atoms with Crippen LogP contribution in [0.4, 0.5) is 0 Å². The number of rotatable bonds is 6. The molecule has 0 radical (unpaired) electrons. The SMILES string of the molecule is O=C(c1ccc(Cc2ccc(C(=O)C3(O)CC3)cc2)cc1)C1(O)C=C1. The monoisotopic (exact) mass is 334 g/mol. The van der Waals surface area contributed by atoms with Gasteiger partial charge in [-0.25, -0.2) is 0 Å². The minimum atomic E-state index is -1.38. The number of benzene rings is 2. The predicted molar refractivity (Wildman–Crippen MR) is 92.6 cm³/mol. The van der Waals surface area contributed by atoms with Crippen LogP contribution in [0.3, 0.4) is 0 Å². The van der Waals surface area contributed by atoms with E-state index in [0.29, 0.717) is 30.4 Å². The Morgan fingerprint density at radius 3 is 1.60 bits per heavy atom. The molecular weight excluding hydrogens is 316 g/mol. The zero-order valence-electron chi connectivity index (χ0n) is 13.6. The van der Waals surface area contributed by atoms with Crippen molar-refractivity contribution < 1.29 is 19.8 Å². The smallest absolute Gasteiger partial charge is 0.202 e. The fraction of sp³-hybridized carbons (Fsp3) is 0.238. The van der Waals surface area contributed by atoms with Crippen molar-refractivity contribution in [3.63, 3.8) is 0 Å². The number of aliphatic hydroxyl groups is 2. The number of Topliss-reactive ketones (excluding diaryl/α,β-unsaturated/α-hetero) is 2. The molecule has 2 aliphatic carbocycles. The maximum Gasteiger partial charge on any atom is 0.202 e. The Bertz CT molecular complexity index is 808. The Hall–Kier alpha value is -2.56. The lowest BCUT2D eigenvalue weighted by Crippen LogP contribution is -2.23. The minimum Gasteiger partial charge on any atom is -0.382 e. The Morgan fingerprint density at radius 1 is 0.760 bits per heavy atom. The summed E-state index contributed by atoms with van der Waals surface area (Å²) in [6.45, 7) is 0. The third-order valence-corrected chi connectivity index (χ3v) is 4.83. The fourth-order valence-corrected chi connectivity index (χ4v) is 2.86. The summed E-state index contributed by atoms with van der Waals surface area (Å²) in [5, 5.41) is 19.7. The highest BCUT2D eigenvalue weighted by molar-refractivity contribution is 6.08. The maximum atomic E-state index is 12.1. The molecule has 2 aromatic rings. The first-order chi connectivity index (χ1) is 11.9. The number of carbonyl (C=O) groups excluding carboxylic acids is 2. The van der Waals surface area contributed by atoms with Crippen LogP contribution >= 0.6 is 0 Å². The molecule has 126 valence electrons. The highest BCUT2D eigenvalue weighted by atomic mass is 16.3. The Labute approximate surface area is 145 Å². The molecule has 4 nitrogen and oxygen atoms in total. The molecule has 2 aliphatic rings. The highest BCUT2D eigenvalue weighted by Gasteiger charge is 2.48. The molecule has 0 aromatic heterocycles. The molecule has 2 N–H and O–H groups in total. The van der Waals surface area contributed by atoms with Crippen molar-refractivity contribution in [2.24, 2.45) is 0 Å². The Balaban J connectivity index is 1.43. The molecule has 25 heavy (non-hydrogen) atoms. The summed E-state index contributed by atoms with van der Waals surface area (Å²) in [6.07, 6.45) is 4.72. The lowest BCUT2D eigenvalue weighted by Gasteiger charge is -2.09. The molecule has 0 heterocycles. The first-order valence-corrected chi connectivity index (χ1v) is 8.32. The topological polar surface area (TPSA) is 74.6 Å². The van der Waals surface area contributed by atoms with Gasteiger partial charge in [-0.1, -0.05) is 48.5 Å². The molecular formula is C21H18O4. The van der Waals surface area contributed by atoms with Gasteiger partial charge < -0.3 is 10.2 Å². The van der Waals surface area contributed by atoms with E-state index in [9.17, 15) is 19.8 Å². The normalized spacial score (nSPS) is 18.6. The maximum absolute atomic E-state index is 12.1. The van der Waals surface area contributed by atoms with E-state index in [1.807, 2.05) is 24.3 Å². The van der Waals surface area contributed by atoms with Crippen molar-refractivity contribution in [2.45, 2.75) is 30.5 Å². The minimum absolute atomic E-state index is 0.200. The van der Waals surface area contributed by atoms with Crippen LogP contribution in [0.1, 0.15) is 44.7 Å². The van der Waals surface area contributed by atoms with Crippen LogP contribution in [0.2, 0.25) is 0 Å². The van der Waals surface area contributed by atoms with Gasteiger partial charge in [-0.05, 0) is 42.5 Å². The van der Waals surface area contributed by atoms with E-state index in [4.69, 9.17) is 0 Å². The average Bonchev–Trinajstić information content (AvgIpc) is 3.55. The van der Waals surface area contributed by atoms with E-state index in [1.165, 1.54) is 12.2 Å². The molecule has 4 heteroatoms. The standard InChI is InChI=1S/C21H18O4/c22-18(20(24)9-10-20)16-5-1-14(2-6-16)13-15-3-7-17(8-4-15)19(23)21(25)11-12-21/h1-10,24-25H,11-13H2. The van der Waals surface area contributed by atoms with Crippen molar-refractivity contribution in [2.75, 3.05) is 0 Å². The second-order valence-electron chi connectivity index (χ2n) is 6.92. The van der Waals surface area contributed by atoms with Gasteiger partial charge in [-0.2, -0.15) is 0 Å². The summed E-state index contributed by atoms with van der Waals surface area (Å²) in [6, 6.07) is 14.4. The van der Waals surface area contributed by atoms with Crippen LogP contribution in [0, 0.1) is 0 Å². The van der Waals surface area contributed by atoms with Crippen molar-refractivity contribution >= 4 is 11.6 Å². The molecule has 0 bridgehead atoms. The van der Waals surface area contributed by atoms with Crippen molar-refractivity contribution in [3.8, 4) is 0 Å². The Kier molecular flexibility index (Phi) is 3.49. The number of ketones is 2. The second-order valence-corrected chi connectivity index (χ2v) is 6.92. The van der Waals surface area contributed by atoms with Gasteiger partial charge in [0.1, 0.15) is 5.60 Å². The van der Waals surface area contributed by atoms with Crippen LogP contribution in [0.15, 0.2) is 60.7 Å². The van der Waals surface area contributed by atoms with Gasteiger partial charge in [0.25, 0.3) is 0 Å². The summed E-state index contributed by atoms with van der Waals surface area (Å²) in [4.78, 5) is 24.1. The van der Waals surface area contributed by atoms with Crippen LogP contribution in [0.25, 0.3) is 0 Å². The highest BCUT2D eigenvalue weighted by Crippen LogP contribution is 2.38. The lowest BCUT2D eigenvalue weighted by atomic mass is 9.97. The number of hydrogen-bond acceptors (Lipinski definition) is 4. The third-order valence-electron chi connectivity index (χ3n) is 4.83. The van der Waals surface area contributed by atoms with Crippen molar-refractivity contribution in [1.82, 2.24) is 0 Å². The molecule has 0 spiro atoms. The average molecular weight is 334 g/mol. The summed E-state index contributed by atoms with van der Waals surface area (Å²) >= 11 is 0. The molecule has 2 aromatic carbocycles. The van der Waals surface area contributed by atoms with Gasteiger partial charge in [-0.15, -0.1) is 0 Å². The molecule has 4 rings (SSSR count). The lowest BCUT2D eigenvalue weighted by molar-refractivity contribution is 0.0690. The van der Waals surface area contributed by atoms with Gasteiger partial charge in [0.15, 0.2) is 11.4 Å². The molecule has 0 saturated heterocycles. The number of hydrogen-bond donors (Lipinski definition) is 2. The van der Waals surface area contributed by atoms with Crippen LogP contribution < -0.4 is 0 Å². The van der Waals surface area contributed by atoms with E-state index < -0.39 is 11.2 Å². The first kappa shape index (κ1) is 15.9. The molecule has 1 saturated carbocycles. The molecule has 0 atom stereocenters. The molecule has 0 aliphatic heterocycles. The Morgan fingerprint density at radius 2 is 1.20 bits per heavy atom. The van der Waals surface area contributed by atoms with Crippen molar-refractivity contribution in [1.29, 1.82) is 0 Å². The van der Waals surface area contributed by atoms with E-state index in [2.05, 4.69) is 0 Å². The van der Waals surface area contributed by atoms with Gasteiger partial charge >= 0.3 is 0 Å². The van der Waals surface area contributed by atoms with E-state index in [0.717, 1.165) is 11.1 Å². The summed E-state index contributed by atoms with van der Waals surface area (Å²) in [5.41, 5.74) is 0.581. The van der Waals surface area contributed by atoms with Crippen molar-refractivity contribution in [3.05, 3.63) is 82.9 Å². The van der Waals surface area contributed by atoms with Gasteiger partial charge in [0.2, 0.25) is 5.78 Å². The zero-order chi connectivity index (χ0) is 17.7. The van der Waals surface area contributed by atoms with Crippen LogP contribution in [0.5, 0.6) is 0 Å². The first-order valence-electron chi connectivity index (χ1n) is 8.32. The molecule has 0 unspecified atom stereocenters. The summed E-state index contributed by atoms with van der Waals surface area (Å²) in [7, 11) is 0. The summed E-state index contributed by atoms with van der Waals surface area (Å²) in [5.74, 6) is -0.506. The van der Waals surface area contributed by atoms with Crippen LogP contribution in [-0.4, -0.2) is 33.0 Å². The zero-order valence-corrected chi connectivity index (χ0v) is 13.6. The van der Waals surface area contributed by atoms with E-state index >= 15 is 0 Å². The van der Waals surface area contributed by atoms with Gasteiger partial charge in [-0.3, -0.25) is 9.59 Å². The van der Waals surface area contributed by atoms with Gasteiger partial charge in [0.05, 0.1) is 0 Å². The fourth-order valence-electron chi connectivity index (χ4n) is 2.86. The number of carbonyl (C=O) groups is 2. The molecule has 1 fully saturated rings. The predicted octanol–water partition coefficient (Wildman–Crippen LogP) is 2.47. The van der Waals surface area contributed by atoms with Crippen LogP contribution in [-0.2, 0) is 6.42 Å². The molecule has 0 amide bonds. The summed E-state index contributed by atoms with van der Waals surface area (Å²) < 4.78 is 0. The largest absolute Gasteiger partial charge is 0.382 e. The van der Waals surface area contributed by atoms with Gasteiger partial charge in [0, 0.05) is 11.1 Å². The second kappa shape index (κ2) is 5.48. The third kappa shape index (κ3) is 3.06. The van der Waals surface area contributed by atoms with E-state index in [-0.39, 0.29) is 11.6 Å². The quantitative estimate of drug-likeness (QED) is 0.629. The van der Waals surface area contributed by atoms with E-state index in [1.54, 1.807) is 24.3 Å².